The van der Waals surface area contributed by atoms with Gasteiger partial charge in [-0.3, -0.25) is 0 Å². The molecule has 0 aromatic carbocycles. The Balaban J connectivity index is 2.10. The maximum Gasteiger partial charge on any atom is 0.143 e. The first-order chi connectivity index (χ1) is 9.10. The van der Waals surface area contributed by atoms with Crippen LogP contribution in [0.2, 0.25) is 0 Å². The van der Waals surface area contributed by atoms with Crippen molar-refractivity contribution >= 4 is 11.8 Å². The minimum atomic E-state index is 0.788. The highest BCUT2D eigenvalue weighted by atomic mass is 32.2. The number of nitrogens with zero attached hydrogens (tertiary/aromatic N) is 5. The predicted molar refractivity (Wildman–Crippen MR) is 76.1 cm³/mol. The van der Waals surface area contributed by atoms with Crippen molar-refractivity contribution < 1.29 is 0 Å². The Hall–Kier alpha value is -1.43. The van der Waals surface area contributed by atoms with Crippen LogP contribution < -0.4 is 0 Å². The second kappa shape index (κ2) is 6.14. The van der Waals surface area contributed by atoms with E-state index in [1.807, 2.05) is 26.8 Å². The van der Waals surface area contributed by atoms with E-state index in [2.05, 4.69) is 31.7 Å². The van der Waals surface area contributed by atoms with Gasteiger partial charge in [-0.05, 0) is 33.3 Å². The molecule has 0 unspecified atom stereocenters. The first-order valence-electron chi connectivity index (χ1n) is 6.44. The second-order valence-corrected chi connectivity index (χ2v) is 5.49. The van der Waals surface area contributed by atoms with Crippen LogP contribution in [0.4, 0.5) is 0 Å². The molecule has 2 heterocycles. The third-order valence-electron chi connectivity index (χ3n) is 2.75. The summed E-state index contributed by atoms with van der Waals surface area (Å²) < 4.78 is 2.17. The van der Waals surface area contributed by atoms with E-state index in [4.69, 9.17) is 0 Å². The van der Waals surface area contributed by atoms with Gasteiger partial charge in [0.15, 0.2) is 0 Å². The van der Waals surface area contributed by atoms with Crippen LogP contribution in [0.15, 0.2) is 11.1 Å². The van der Waals surface area contributed by atoms with Crippen molar-refractivity contribution in [2.75, 3.05) is 0 Å². The van der Waals surface area contributed by atoms with Gasteiger partial charge in [-0.15, -0.1) is 10.2 Å². The minimum Gasteiger partial charge on any atom is -0.315 e. The van der Waals surface area contributed by atoms with Crippen LogP contribution in [-0.4, -0.2) is 24.7 Å². The molecule has 0 atom stereocenters. The van der Waals surface area contributed by atoms with Crippen molar-refractivity contribution in [3.63, 3.8) is 0 Å². The van der Waals surface area contributed by atoms with Gasteiger partial charge in [-0.1, -0.05) is 18.7 Å². The third-order valence-corrected chi connectivity index (χ3v) is 3.66. The highest BCUT2D eigenvalue weighted by molar-refractivity contribution is 7.98. The molecule has 0 N–H and O–H groups in total. The summed E-state index contributed by atoms with van der Waals surface area (Å²) in [6.07, 6.45) is 1.09. The van der Waals surface area contributed by atoms with Gasteiger partial charge in [-0.2, -0.15) is 0 Å². The molecule has 0 bridgehead atoms. The molecule has 2 rings (SSSR count). The van der Waals surface area contributed by atoms with E-state index in [1.54, 1.807) is 11.8 Å². The Kier molecular flexibility index (Phi) is 4.52. The monoisotopic (exact) mass is 277 g/mol. The van der Waals surface area contributed by atoms with Gasteiger partial charge >= 0.3 is 0 Å². The van der Waals surface area contributed by atoms with Gasteiger partial charge in [0.2, 0.25) is 0 Å². The number of hydrogen-bond donors (Lipinski definition) is 0. The molecule has 0 aliphatic carbocycles. The summed E-state index contributed by atoms with van der Waals surface area (Å²) in [7, 11) is 0. The summed E-state index contributed by atoms with van der Waals surface area (Å²) in [5, 5.41) is 9.39. The predicted octanol–water partition coefficient (Wildman–Crippen LogP) is 2.70. The molecule has 0 aliphatic heterocycles. The minimum absolute atomic E-state index is 0.788. The third kappa shape index (κ3) is 3.53. The van der Waals surface area contributed by atoms with Crippen molar-refractivity contribution in [1.82, 2.24) is 24.7 Å². The van der Waals surface area contributed by atoms with Crippen molar-refractivity contribution in [1.29, 1.82) is 0 Å². The fourth-order valence-electron chi connectivity index (χ4n) is 1.94. The first-order valence-corrected chi connectivity index (χ1v) is 7.42. The average Bonchev–Trinajstić information content (AvgIpc) is 2.68. The van der Waals surface area contributed by atoms with Crippen LogP contribution in [0, 0.1) is 20.8 Å². The zero-order valence-electron chi connectivity index (χ0n) is 11.8. The maximum absolute atomic E-state index is 4.43. The molecule has 6 heteroatoms. The van der Waals surface area contributed by atoms with Crippen LogP contribution in [-0.2, 0) is 12.3 Å². The number of rotatable bonds is 5. The van der Waals surface area contributed by atoms with E-state index in [9.17, 15) is 0 Å². The molecule has 5 nitrogen and oxygen atoms in total. The maximum atomic E-state index is 4.43. The lowest BCUT2D eigenvalue weighted by atomic mass is 10.4. The van der Waals surface area contributed by atoms with Crippen LogP contribution in [0.1, 0.15) is 36.5 Å². The van der Waals surface area contributed by atoms with Crippen molar-refractivity contribution in [3.8, 4) is 0 Å². The molecule has 0 spiro atoms. The Labute approximate surface area is 117 Å². The summed E-state index contributed by atoms with van der Waals surface area (Å²) in [4.78, 5) is 8.71. The first kappa shape index (κ1) is 14.0. The summed E-state index contributed by atoms with van der Waals surface area (Å²) in [5.41, 5.74) is 1.00. The average molecular weight is 277 g/mol. The summed E-state index contributed by atoms with van der Waals surface area (Å²) in [6, 6.07) is 2.01. The Morgan fingerprint density at radius 1 is 1.16 bits per heavy atom. The molecule has 2 aromatic heterocycles. The van der Waals surface area contributed by atoms with Gasteiger partial charge in [0, 0.05) is 12.2 Å². The van der Waals surface area contributed by atoms with Gasteiger partial charge < -0.3 is 4.57 Å². The number of aromatic nitrogens is 5. The number of aryl methyl sites for hydroxylation is 3. The molecule has 0 radical (unpaired) electrons. The molecule has 0 saturated carbocycles. The Morgan fingerprint density at radius 3 is 2.63 bits per heavy atom. The Morgan fingerprint density at radius 2 is 1.95 bits per heavy atom. The molecule has 0 amide bonds. The van der Waals surface area contributed by atoms with Crippen LogP contribution in [0.5, 0.6) is 0 Å². The van der Waals surface area contributed by atoms with E-state index in [0.29, 0.717) is 0 Å². The fraction of sp³-hybridized carbons (Fsp3) is 0.538. The lowest BCUT2D eigenvalue weighted by Crippen LogP contribution is -2.04. The van der Waals surface area contributed by atoms with Gasteiger partial charge in [0.1, 0.15) is 22.5 Å². The van der Waals surface area contributed by atoms with E-state index >= 15 is 0 Å². The van der Waals surface area contributed by atoms with Crippen LogP contribution in [0.25, 0.3) is 0 Å². The fourth-order valence-corrected chi connectivity index (χ4v) is 2.88. The molecule has 2 aromatic rings. The molecule has 0 aliphatic rings. The van der Waals surface area contributed by atoms with Gasteiger partial charge in [0.05, 0.1) is 5.75 Å². The quantitative estimate of drug-likeness (QED) is 0.621. The molecule has 0 fully saturated rings. The second-order valence-electron chi connectivity index (χ2n) is 4.50. The summed E-state index contributed by atoms with van der Waals surface area (Å²) in [6.45, 7) is 9.03. The van der Waals surface area contributed by atoms with E-state index in [0.717, 1.165) is 46.9 Å². The lowest BCUT2D eigenvalue weighted by Gasteiger charge is -2.07. The summed E-state index contributed by atoms with van der Waals surface area (Å²) >= 11 is 1.68. The zero-order valence-corrected chi connectivity index (χ0v) is 12.7. The van der Waals surface area contributed by atoms with E-state index in [1.165, 1.54) is 0 Å². The SMILES string of the molecule is CCCn1c(C)nnc1CSc1cc(C)nc(C)n1. The van der Waals surface area contributed by atoms with Crippen molar-refractivity contribution in [3.05, 3.63) is 29.2 Å². The van der Waals surface area contributed by atoms with E-state index < -0.39 is 0 Å². The van der Waals surface area contributed by atoms with Gasteiger partial charge in [0.25, 0.3) is 0 Å². The molecular formula is C13H19N5S. The van der Waals surface area contributed by atoms with E-state index in [-0.39, 0.29) is 0 Å². The largest absolute Gasteiger partial charge is 0.315 e. The standard InChI is InChI=1S/C13H19N5S/c1-5-6-18-11(4)16-17-12(18)8-19-13-7-9(2)14-10(3)15-13/h7H,5-6,8H2,1-4H3. The molecular weight excluding hydrogens is 258 g/mol. The van der Waals surface area contributed by atoms with Gasteiger partial charge in [-0.25, -0.2) is 9.97 Å². The van der Waals surface area contributed by atoms with Crippen molar-refractivity contribution in [2.45, 2.75) is 51.4 Å². The highest BCUT2D eigenvalue weighted by Crippen LogP contribution is 2.21. The normalized spacial score (nSPS) is 10.9. The summed E-state index contributed by atoms with van der Waals surface area (Å²) in [5.74, 6) is 3.59. The Bertz CT molecular complexity index is 544. The topological polar surface area (TPSA) is 56.5 Å². The zero-order chi connectivity index (χ0) is 13.8. The van der Waals surface area contributed by atoms with Crippen molar-refractivity contribution in [2.24, 2.45) is 0 Å². The highest BCUT2D eigenvalue weighted by Gasteiger charge is 2.09. The lowest BCUT2D eigenvalue weighted by molar-refractivity contribution is 0.637. The van der Waals surface area contributed by atoms with Crippen LogP contribution in [0.3, 0.4) is 0 Å². The smallest absolute Gasteiger partial charge is 0.143 e. The number of hydrogen-bond acceptors (Lipinski definition) is 5. The van der Waals surface area contributed by atoms with Crippen LogP contribution >= 0.6 is 11.8 Å². The molecule has 19 heavy (non-hydrogen) atoms. The molecule has 0 saturated heterocycles. The molecule has 102 valence electrons. The number of thioether (sulfide) groups is 1.